The first-order chi connectivity index (χ1) is 13.5. The smallest absolute Gasteiger partial charge is 0.225 e. The van der Waals surface area contributed by atoms with Gasteiger partial charge >= 0.3 is 0 Å². The van der Waals surface area contributed by atoms with E-state index in [2.05, 4.69) is 25.6 Å². The number of anilines is 3. The molecule has 6 nitrogen and oxygen atoms in total. The summed E-state index contributed by atoms with van der Waals surface area (Å²) in [4.78, 5) is 13.4. The van der Waals surface area contributed by atoms with Gasteiger partial charge in [-0.05, 0) is 48.7 Å². The van der Waals surface area contributed by atoms with Crippen molar-refractivity contribution in [2.24, 2.45) is 5.92 Å². The average Bonchev–Trinajstić information content (AvgIpc) is 2.69. The van der Waals surface area contributed by atoms with E-state index in [-0.39, 0.29) is 24.4 Å². The summed E-state index contributed by atoms with van der Waals surface area (Å²) in [6.45, 7) is 5.70. The Bertz CT molecular complexity index is 933. The second-order valence-corrected chi connectivity index (χ2v) is 6.94. The standard InChI is InChI=1S/C21H24FN5O/c1-13(2)19(12-28)26-21-25-18(17-6-4-5-9-23-17)11-20(27-21)24-15-7-8-16(22)14(3)10-15/h4-11,13,19,28H,12H2,1-3H3,(H2,24,25,26,27)/t19-/m0/s1. The van der Waals surface area contributed by atoms with E-state index < -0.39 is 0 Å². The van der Waals surface area contributed by atoms with Crippen molar-refractivity contribution in [3.8, 4) is 11.4 Å². The number of nitrogens with zero attached hydrogens (tertiary/aromatic N) is 3. The number of benzene rings is 1. The quantitative estimate of drug-likeness (QED) is 0.570. The number of hydrogen-bond acceptors (Lipinski definition) is 6. The molecule has 0 fully saturated rings. The minimum absolute atomic E-state index is 0.0330. The predicted molar refractivity (Wildman–Crippen MR) is 109 cm³/mol. The maximum Gasteiger partial charge on any atom is 0.225 e. The van der Waals surface area contributed by atoms with Gasteiger partial charge in [-0.1, -0.05) is 19.9 Å². The first kappa shape index (κ1) is 19.7. The lowest BCUT2D eigenvalue weighted by Gasteiger charge is -2.20. The van der Waals surface area contributed by atoms with Crippen LogP contribution in [0.25, 0.3) is 11.4 Å². The highest BCUT2D eigenvalue weighted by Crippen LogP contribution is 2.24. The molecule has 0 bridgehead atoms. The van der Waals surface area contributed by atoms with Gasteiger partial charge in [0.15, 0.2) is 0 Å². The molecule has 1 aromatic carbocycles. The summed E-state index contributed by atoms with van der Waals surface area (Å²) in [6.07, 6.45) is 1.70. The van der Waals surface area contributed by atoms with Gasteiger partial charge in [0.05, 0.1) is 24.0 Å². The third-order valence-electron chi connectivity index (χ3n) is 4.40. The van der Waals surface area contributed by atoms with Crippen LogP contribution < -0.4 is 10.6 Å². The van der Waals surface area contributed by atoms with Crippen LogP contribution in [-0.4, -0.2) is 32.7 Å². The summed E-state index contributed by atoms with van der Waals surface area (Å²) in [5, 5.41) is 16.0. The van der Waals surface area contributed by atoms with Crippen molar-refractivity contribution in [2.45, 2.75) is 26.8 Å². The topological polar surface area (TPSA) is 83.0 Å². The fraction of sp³-hybridized carbons (Fsp3) is 0.286. The van der Waals surface area contributed by atoms with Crippen molar-refractivity contribution in [3.05, 3.63) is 60.0 Å². The van der Waals surface area contributed by atoms with Crippen LogP contribution in [0.15, 0.2) is 48.7 Å². The molecule has 0 unspecified atom stereocenters. The highest BCUT2D eigenvalue weighted by Gasteiger charge is 2.15. The number of aryl methyl sites for hydroxylation is 1. The monoisotopic (exact) mass is 381 g/mol. The van der Waals surface area contributed by atoms with Gasteiger partial charge < -0.3 is 15.7 Å². The van der Waals surface area contributed by atoms with Crippen LogP contribution in [0.3, 0.4) is 0 Å². The fourth-order valence-electron chi connectivity index (χ4n) is 2.68. The maximum atomic E-state index is 13.5. The van der Waals surface area contributed by atoms with Gasteiger partial charge in [0.2, 0.25) is 5.95 Å². The van der Waals surface area contributed by atoms with Crippen LogP contribution in [0.1, 0.15) is 19.4 Å². The van der Waals surface area contributed by atoms with Gasteiger partial charge in [0.1, 0.15) is 11.6 Å². The SMILES string of the molecule is Cc1cc(Nc2cc(-c3ccccn3)nc(N[C@@H](CO)C(C)C)n2)ccc1F. The minimum Gasteiger partial charge on any atom is -0.394 e. The first-order valence-electron chi connectivity index (χ1n) is 9.17. The first-order valence-corrected chi connectivity index (χ1v) is 9.17. The number of rotatable bonds is 7. The summed E-state index contributed by atoms with van der Waals surface area (Å²) < 4.78 is 13.5. The second-order valence-electron chi connectivity index (χ2n) is 6.94. The number of pyridine rings is 1. The number of halogens is 1. The molecule has 2 heterocycles. The van der Waals surface area contributed by atoms with Crippen molar-refractivity contribution in [2.75, 3.05) is 17.2 Å². The van der Waals surface area contributed by atoms with Gasteiger partial charge in [-0.25, -0.2) is 9.37 Å². The molecule has 3 rings (SSSR count). The molecule has 1 atom stereocenters. The third kappa shape index (κ3) is 4.80. The van der Waals surface area contributed by atoms with E-state index in [1.54, 1.807) is 31.3 Å². The van der Waals surface area contributed by atoms with E-state index in [0.717, 1.165) is 5.69 Å². The van der Waals surface area contributed by atoms with Crippen LogP contribution in [0, 0.1) is 18.7 Å². The normalized spacial score (nSPS) is 12.1. The lowest BCUT2D eigenvalue weighted by molar-refractivity contribution is 0.248. The molecule has 0 aliphatic heterocycles. The van der Waals surface area contributed by atoms with E-state index in [0.29, 0.717) is 28.7 Å². The zero-order valence-corrected chi connectivity index (χ0v) is 16.1. The summed E-state index contributed by atoms with van der Waals surface area (Å²) in [6, 6.07) is 12.0. The molecule has 0 aliphatic rings. The molecule has 0 saturated carbocycles. The van der Waals surface area contributed by atoms with E-state index >= 15 is 0 Å². The Hall–Kier alpha value is -3.06. The zero-order chi connectivity index (χ0) is 20.1. The number of hydrogen-bond donors (Lipinski definition) is 3. The predicted octanol–water partition coefficient (Wildman–Crippen LogP) is 4.16. The number of aliphatic hydroxyl groups is 1. The molecule has 0 aliphatic carbocycles. The fourth-order valence-corrected chi connectivity index (χ4v) is 2.68. The Balaban J connectivity index is 1.97. The molecule has 28 heavy (non-hydrogen) atoms. The van der Waals surface area contributed by atoms with E-state index in [4.69, 9.17) is 0 Å². The van der Waals surface area contributed by atoms with Gasteiger partial charge in [0, 0.05) is 18.0 Å². The lowest BCUT2D eigenvalue weighted by Crippen LogP contribution is -2.30. The molecular formula is C21H24FN5O. The average molecular weight is 381 g/mol. The highest BCUT2D eigenvalue weighted by atomic mass is 19.1. The highest BCUT2D eigenvalue weighted by molar-refractivity contribution is 5.65. The number of aromatic nitrogens is 3. The van der Waals surface area contributed by atoms with Crippen LogP contribution in [0.5, 0.6) is 0 Å². The van der Waals surface area contributed by atoms with Crippen LogP contribution in [-0.2, 0) is 0 Å². The Morgan fingerprint density at radius 2 is 1.89 bits per heavy atom. The van der Waals surface area contributed by atoms with Crippen molar-refractivity contribution < 1.29 is 9.50 Å². The van der Waals surface area contributed by atoms with Gasteiger partial charge in [-0.3, -0.25) is 4.98 Å². The van der Waals surface area contributed by atoms with Crippen molar-refractivity contribution in [3.63, 3.8) is 0 Å². The minimum atomic E-state index is -0.257. The summed E-state index contributed by atoms with van der Waals surface area (Å²) >= 11 is 0. The largest absolute Gasteiger partial charge is 0.394 e. The van der Waals surface area contributed by atoms with E-state index in [9.17, 15) is 9.50 Å². The Morgan fingerprint density at radius 3 is 2.54 bits per heavy atom. The maximum absolute atomic E-state index is 13.5. The Labute approximate surface area is 163 Å². The molecule has 0 spiro atoms. The van der Waals surface area contributed by atoms with Crippen molar-refractivity contribution in [1.82, 2.24) is 15.0 Å². The van der Waals surface area contributed by atoms with Gasteiger partial charge in [-0.15, -0.1) is 0 Å². The molecule has 2 aromatic heterocycles. The molecule has 0 amide bonds. The van der Waals surface area contributed by atoms with Crippen LogP contribution in [0.2, 0.25) is 0 Å². The molecule has 3 aromatic rings. The van der Waals surface area contributed by atoms with Crippen molar-refractivity contribution >= 4 is 17.5 Å². The van der Waals surface area contributed by atoms with Crippen LogP contribution >= 0.6 is 0 Å². The summed E-state index contributed by atoms with van der Waals surface area (Å²) in [7, 11) is 0. The molecule has 3 N–H and O–H groups in total. The molecule has 0 saturated heterocycles. The summed E-state index contributed by atoms with van der Waals surface area (Å²) in [5.74, 6) is 0.873. The third-order valence-corrected chi connectivity index (χ3v) is 4.40. The van der Waals surface area contributed by atoms with Crippen LogP contribution in [0.4, 0.5) is 21.8 Å². The molecule has 7 heteroatoms. The van der Waals surface area contributed by atoms with E-state index in [1.807, 2.05) is 32.0 Å². The summed E-state index contributed by atoms with van der Waals surface area (Å²) in [5.41, 5.74) is 2.61. The number of nitrogens with one attached hydrogen (secondary N) is 2. The van der Waals surface area contributed by atoms with E-state index in [1.165, 1.54) is 6.07 Å². The van der Waals surface area contributed by atoms with Crippen molar-refractivity contribution in [1.29, 1.82) is 0 Å². The molecule has 146 valence electrons. The Morgan fingerprint density at radius 1 is 1.07 bits per heavy atom. The van der Waals surface area contributed by atoms with Gasteiger partial charge in [0.25, 0.3) is 0 Å². The zero-order valence-electron chi connectivity index (χ0n) is 16.1. The van der Waals surface area contributed by atoms with Gasteiger partial charge in [-0.2, -0.15) is 4.98 Å². The molecular weight excluding hydrogens is 357 g/mol. The molecule has 0 radical (unpaired) electrons. The Kier molecular flexibility index (Phi) is 6.16. The lowest BCUT2D eigenvalue weighted by atomic mass is 10.1. The number of aliphatic hydroxyl groups excluding tert-OH is 1. The second kappa shape index (κ2) is 8.75.